The smallest absolute Gasteiger partial charge is 0.306 e. The van der Waals surface area contributed by atoms with E-state index in [0.29, 0.717) is 19.3 Å². The van der Waals surface area contributed by atoms with Crippen LogP contribution in [0.2, 0.25) is 0 Å². The fourth-order valence-corrected chi connectivity index (χ4v) is 11.1. The molecule has 0 N–H and O–H groups in total. The first-order valence-corrected chi connectivity index (χ1v) is 36.6. The molecule has 1 atom stereocenters. The third-order valence-corrected chi connectivity index (χ3v) is 16.6. The van der Waals surface area contributed by atoms with Crippen LogP contribution in [0.5, 0.6) is 0 Å². The van der Waals surface area contributed by atoms with Crippen molar-refractivity contribution >= 4 is 17.9 Å². The van der Waals surface area contributed by atoms with Crippen LogP contribution in [0.1, 0.15) is 400 Å². The molecule has 1 unspecified atom stereocenters. The monoisotopic (exact) mass is 1150 g/mol. The number of hydrogen-bond donors (Lipinski definition) is 0. The molecule has 0 aliphatic heterocycles. The number of ether oxygens (including phenoxy) is 3. The van der Waals surface area contributed by atoms with E-state index in [4.69, 9.17) is 14.2 Å². The first-order chi connectivity index (χ1) is 40.5. The summed E-state index contributed by atoms with van der Waals surface area (Å²) in [5.74, 6) is -0.844. The highest BCUT2D eigenvalue weighted by Crippen LogP contribution is 2.19. The molecule has 6 nitrogen and oxygen atoms in total. The third-order valence-electron chi connectivity index (χ3n) is 16.6. The van der Waals surface area contributed by atoms with Crippen molar-refractivity contribution in [2.75, 3.05) is 13.2 Å². The summed E-state index contributed by atoms with van der Waals surface area (Å²) in [6, 6.07) is 0. The zero-order valence-corrected chi connectivity index (χ0v) is 55.3. The summed E-state index contributed by atoms with van der Waals surface area (Å²) >= 11 is 0. The summed E-state index contributed by atoms with van der Waals surface area (Å²) in [5, 5.41) is 0. The molecular weight excluding hydrogens is 1010 g/mol. The Bertz CT molecular complexity index is 1410. The van der Waals surface area contributed by atoms with Gasteiger partial charge < -0.3 is 14.2 Å². The molecule has 0 amide bonds. The maximum Gasteiger partial charge on any atom is 0.306 e. The van der Waals surface area contributed by atoms with Crippen molar-refractivity contribution in [2.45, 2.75) is 406 Å². The van der Waals surface area contributed by atoms with E-state index < -0.39 is 6.10 Å². The molecule has 0 aromatic rings. The van der Waals surface area contributed by atoms with Crippen LogP contribution in [0.15, 0.2) is 48.6 Å². The van der Waals surface area contributed by atoms with Gasteiger partial charge in [-0.1, -0.05) is 371 Å². The Hall–Kier alpha value is -2.63. The normalized spacial score (nSPS) is 12.3. The second-order valence-corrected chi connectivity index (χ2v) is 24.8. The van der Waals surface area contributed by atoms with Gasteiger partial charge in [-0.15, -0.1) is 0 Å². The summed E-state index contributed by atoms with van der Waals surface area (Å²) in [6.07, 6.45) is 90.1. The van der Waals surface area contributed by atoms with Crippen molar-refractivity contribution in [3.05, 3.63) is 48.6 Å². The Labute approximate surface area is 511 Å². The van der Waals surface area contributed by atoms with E-state index in [1.165, 1.54) is 276 Å². The molecule has 0 aromatic carbocycles. The largest absolute Gasteiger partial charge is 0.462 e. The number of unbranched alkanes of at least 4 members (excludes halogenated alkanes) is 49. The predicted molar refractivity (Wildman–Crippen MR) is 358 cm³/mol. The molecule has 0 heterocycles. The van der Waals surface area contributed by atoms with Crippen molar-refractivity contribution in [2.24, 2.45) is 0 Å². The molecule has 82 heavy (non-hydrogen) atoms. The molecule has 0 saturated carbocycles. The van der Waals surface area contributed by atoms with E-state index >= 15 is 0 Å². The lowest BCUT2D eigenvalue weighted by Crippen LogP contribution is -2.30. The summed E-state index contributed by atoms with van der Waals surface area (Å²) < 4.78 is 17.0. The van der Waals surface area contributed by atoms with E-state index in [-0.39, 0.29) is 31.1 Å². The van der Waals surface area contributed by atoms with Gasteiger partial charge in [0, 0.05) is 19.3 Å². The Morgan fingerprint density at radius 1 is 0.256 bits per heavy atom. The lowest BCUT2D eigenvalue weighted by atomic mass is 10.0. The number of carbonyl (C=O) groups excluding carboxylic acids is 3. The Morgan fingerprint density at radius 2 is 0.476 bits per heavy atom. The van der Waals surface area contributed by atoms with Crippen LogP contribution >= 0.6 is 0 Å². The van der Waals surface area contributed by atoms with Crippen LogP contribution in [-0.4, -0.2) is 37.2 Å². The highest BCUT2D eigenvalue weighted by molar-refractivity contribution is 5.71. The average molecular weight is 1150 g/mol. The van der Waals surface area contributed by atoms with Gasteiger partial charge in [0.15, 0.2) is 6.10 Å². The zero-order valence-electron chi connectivity index (χ0n) is 55.3. The van der Waals surface area contributed by atoms with Gasteiger partial charge in [0.05, 0.1) is 0 Å². The molecule has 0 rings (SSSR count). The van der Waals surface area contributed by atoms with Gasteiger partial charge >= 0.3 is 17.9 Å². The number of carbonyl (C=O) groups is 3. The number of allylic oxidation sites excluding steroid dienone is 8. The van der Waals surface area contributed by atoms with Gasteiger partial charge in [-0.05, 0) is 57.8 Å². The first kappa shape index (κ1) is 79.4. The van der Waals surface area contributed by atoms with E-state index in [2.05, 4.69) is 69.4 Å². The van der Waals surface area contributed by atoms with Crippen molar-refractivity contribution in [1.29, 1.82) is 0 Å². The predicted octanol–water partition coefficient (Wildman–Crippen LogP) is 25.3. The molecule has 0 fully saturated rings. The standard InChI is InChI=1S/C76H140O6/c1-4-7-10-13-16-19-22-25-27-29-31-33-35-36-37-38-39-41-42-44-46-48-51-54-57-60-63-66-69-75(78)81-72-73(71-80-74(77)68-65-62-59-56-53-50-24-21-18-15-12-9-6-3)82-76(79)70-67-64-61-58-55-52-49-47-45-43-40-34-32-30-28-26-23-20-17-14-11-8-5-2/h8,11,17,20,26,28,32,34,73H,4-7,9-10,12-16,18-19,21-25,27,29-31,33,35-72H2,1-3H3/b11-8-,20-17-,28-26-,34-32-. The molecule has 0 saturated heterocycles. The van der Waals surface area contributed by atoms with E-state index in [1.54, 1.807) is 0 Å². The molecule has 0 aliphatic rings. The zero-order chi connectivity index (χ0) is 59.2. The van der Waals surface area contributed by atoms with Crippen molar-refractivity contribution in [3.8, 4) is 0 Å². The summed E-state index contributed by atoms with van der Waals surface area (Å²) in [6.45, 7) is 6.60. The van der Waals surface area contributed by atoms with Crippen LogP contribution in [-0.2, 0) is 28.6 Å². The van der Waals surface area contributed by atoms with Crippen LogP contribution in [0.25, 0.3) is 0 Å². The third kappa shape index (κ3) is 68.2. The maximum absolute atomic E-state index is 13.0. The molecule has 0 radical (unpaired) electrons. The summed E-state index contributed by atoms with van der Waals surface area (Å²) in [5.41, 5.74) is 0. The second-order valence-electron chi connectivity index (χ2n) is 24.8. The number of hydrogen-bond acceptors (Lipinski definition) is 6. The van der Waals surface area contributed by atoms with E-state index in [0.717, 1.165) is 83.5 Å². The topological polar surface area (TPSA) is 78.9 Å². The van der Waals surface area contributed by atoms with Gasteiger partial charge in [-0.2, -0.15) is 0 Å². The van der Waals surface area contributed by atoms with Gasteiger partial charge in [0.2, 0.25) is 0 Å². The molecule has 0 bridgehead atoms. The molecule has 0 aromatic heterocycles. The van der Waals surface area contributed by atoms with Gasteiger partial charge in [-0.25, -0.2) is 0 Å². The number of esters is 3. The maximum atomic E-state index is 13.0. The van der Waals surface area contributed by atoms with Crippen molar-refractivity contribution < 1.29 is 28.6 Å². The quantitative estimate of drug-likeness (QED) is 0.0261. The van der Waals surface area contributed by atoms with Crippen LogP contribution in [0.3, 0.4) is 0 Å². The molecule has 6 heteroatoms. The summed E-state index contributed by atoms with van der Waals surface area (Å²) in [4.78, 5) is 38.5. The Morgan fingerprint density at radius 3 is 0.744 bits per heavy atom. The highest BCUT2D eigenvalue weighted by atomic mass is 16.6. The molecule has 0 aliphatic carbocycles. The molecule has 480 valence electrons. The van der Waals surface area contributed by atoms with Crippen LogP contribution in [0.4, 0.5) is 0 Å². The van der Waals surface area contributed by atoms with Crippen LogP contribution < -0.4 is 0 Å². The minimum Gasteiger partial charge on any atom is -0.462 e. The van der Waals surface area contributed by atoms with Crippen LogP contribution in [0, 0.1) is 0 Å². The molecule has 0 spiro atoms. The van der Waals surface area contributed by atoms with Crippen molar-refractivity contribution in [1.82, 2.24) is 0 Å². The fourth-order valence-electron chi connectivity index (χ4n) is 11.1. The lowest BCUT2D eigenvalue weighted by molar-refractivity contribution is -0.167. The first-order valence-electron chi connectivity index (χ1n) is 36.6. The van der Waals surface area contributed by atoms with E-state index in [1.807, 2.05) is 0 Å². The van der Waals surface area contributed by atoms with Gasteiger partial charge in [0.1, 0.15) is 13.2 Å². The van der Waals surface area contributed by atoms with E-state index in [9.17, 15) is 14.4 Å². The van der Waals surface area contributed by atoms with Gasteiger partial charge in [-0.3, -0.25) is 14.4 Å². The minimum absolute atomic E-state index is 0.0689. The SMILES string of the molecule is CC/C=C\C/C=C\C/C=C\C/C=C\CCCCCCCCCCCCC(=O)OC(COC(=O)CCCCCCCCCCCCCCC)COC(=O)CCCCCCCCCCCCCCCCCCCCCCCCCCCCCC. The minimum atomic E-state index is -0.773. The Kier molecular flexibility index (Phi) is 68.6. The lowest BCUT2D eigenvalue weighted by Gasteiger charge is -2.18. The Balaban J connectivity index is 4.20. The average Bonchev–Trinajstić information content (AvgIpc) is 3.47. The van der Waals surface area contributed by atoms with Crippen molar-refractivity contribution in [3.63, 3.8) is 0 Å². The second kappa shape index (κ2) is 70.9. The van der Waals surface area contributed by atoms with Gasteiger partial charge in [0.25, 0.3) is 0 Å². The fraction of sp³-hybridized carbons (Fsp3) is 0.855. The summed E-state index contributed by atoms with van der Waals surface area (Å²) in [7, 11) is 0. The molecular formula is C76H140O6. The number of rotatable bonds is 68. The highest BCUT2D eigenvalue weighted by Gasteiger charge is 2.19.